The summed E-state index contributed by atoms with van der Waals surface area (Å²) in [6.07, 6.45) is 4.45. The van der Waals surface area contributed by atoms with Gasteiger partial charge in [0.15, 0.2) is 11.6 Å². The molecule has 2 N–H and O–H groups in total. The Kier molecular flexibility index (Phi) is 4.82. The number of hydrogen-bond donors (Lipinski definition) is 2. The van der Waals surface area contributed by atoms with Gasteiger partial charge in [-0.15, -0.1) is 10.2 Å². The van der Waals surface area contributed by atoms with Gasteiger partial charge in [-0.05, 0) is 30.7 Å². The molecule has 9 heteroatoms. The number of piperazine rings is 1. The molecule has 140 valence electrons. The minimum atomic E-state index is -0.359. The van der Waals surface area contributed by atoms with Gasteiger partial charge in [-0.2, -0.15) is 0 Å². The van der Waals surface area contributed by atoms with Crippen molar-refractivity contribution in [3.63, 3.8) is 0 Å². The molecule has 2 amide bonds. The van der Waals surface area contributed by atoms with Gasteiger partial charge in [0, 0.05) is 50.7 Å². The molecule has 2 aliphatic rings. The molecular formula is C18H21N7O2. The Morgan fingerprint density at radius 1 is 1.07 bits per heavy atom. The largest absolute Gasteiger partial charge is 0.352 e. The maximum atomic E-state index is 12.5. The summed E-state index contributed by atoms with van der Waals surface area (Å²) >= 11 is 0. The molecule has 2 aliphatic heterocycles. The maximum Gasteiger partial charge on any atom is 0.245 e. The summed E-state index contributed by atoms with van der Waals surface area (Å²) in [5.74, 6) is 1.43. The van der Waals surface area contributed by atoms with E-state index in [0.717, 1.165) is 11.5 Å². The highest BCUT2D eigenvalue weighted by Crippen LogP contribution is 2.18. The number of carbonyl (C=O) groups excluding carboxylic acids is 2. The first kappa shape index (κ1) is 17.2. The van der Waals surface area contributed by atoms with E-state index in [-0.39, 0.29) is 17.9 Å². The lowest BCUT2D eigenvalue weighted by atomic mass is 10.2. The Labute approximate surface area is 156 Å². The lowest BCUT2D eigenvalue weighted by Crippen LogP contribution is -2.53. The number of anilines is 3. The summed E-state index contributed by atoms with van der Waals surface area (Å²) in [6, 6.07) is 7.17. The summed E-state index contributed by atoms with van der Waals surface area (Å²) in [7, 11) is 0. The van der Waals surface area contributed by atoms with Crippen LogP contribution in [0.3, 0.4) is 0 Å². The molecule has 0 saturated carbocycles. The molecular weight excluding hydrogens is 346 g/mol. The monoisotopic (exact) mass is 367 g/mol. The second-order valence-corrected chi connectivity index (χ2v) is 6.61. The van der Waals surface area contributed by atoms with E-state index in [1.54, 1.807) is 12.4 Å². The van der Waals surface area contributed by atoms with Gasteiger partial charge in [0.1, 0.15) is 6.04 Å². The van der Waals surface area contributed by atoms with Gasteiger partial charge in [0.05, 0.1) is 0 Å². The Bertz CT molecular complexity index is 804. The molecule has 4 heterocycles. The van der Waals surface area contributed by atoms with E-state index in [1.807, 2.05) is 29.2 Å². The number of carbonyl (C=O) groups is 2. The van der Waals surface area contributed by atoms with Gasteiger partial charge >= 0.3 is 0 Å². The molecule has 0 aliphatic carbocycles. The van der Waals surface area contributed by atoms with Crippen molar-refractivity contribution in [1.29, 1.82) is 0 Å². The van der Waals surface area contributed by atoms with Crippen LogP contribution in [-0.4, -0.2) is 64.1 Å². The van der Waals surface area contributed by atoms with E-state index in [0.29, 0.717) is 44.8 Å². The standard InChI is InChI=1S/C18H21N7O2/c26-17-4-1-14(21-17)18(27)25-11-9-24(10-12-25)16-3-2-15(22-23-16)20-13-5-7-19-8-6-13/h2-3,5-8,14H,1,4,9-12H2,(H,21,26)(H,19,20,22). The Balaban J connectivity index is 1.31. The normalized spacial score (nSPS) is 19.7. The van der Waals surface area contributed by atoms with Crippen molar-refractivity contribution in [2.45, 2.75) is 18.9 Å². The van der Waals surface area contributed by atoms with Crippen LogP contribution < -0.4 is 15.5 Å². The lowest BCUT2D eigenvalue weighted by Gasteiger charge is -2.36. The fourth-order valence-corrected chi connectivity index (χ4v) is 3.32. The Morgan fingerprint density at radius 3 is 2.48 bits per heavy atom. The number of amides is 2. The molecule has 1 unspecified atom stereocenters. The van der Waals surface area contributed by atoms with Crippen LogP contribution in [0.4, 0.5) is 17.3 Å². The summed E-state index contributed by atoms with van der Waals surface area (Å²) in [5.41, 5.74) is 0.901. The lowest BCUT2D eigenvalue weighted by molar-refractivity contribution is -0.134. The van der Waals surface area contributed by atoms with Crippen LogP contribution in [0.15, 0.2) is 36.7 Å². The Hall–Kier alpha value is -3.23. The summed E-state index contributed by atoms with van der Waals surface area (Å²) in [5, 5.41) is 14.4. The third kappa shape index (κ3) is 3.97. The van der Waals surface area contributed by atoms with Crippen LogP contribution >= 0.6 is 0 Å². The van der Waals surface area contributed by atoms with E-state index >= 15 is 0 Å². The first-order chi connectivity index (χ1) is 13.2. The van der Waals surface area contributed by atoms with Crippen LogP contribution in [0, 0.1) is 0 Å². The average molecular weight is 367 g/mol. The highest BCUT2D eigenvalue weighted by Gasteiger charge is 2.32. The van der Waals surface area contributed by atoms with E-state index in [4.69, 9.17) is 0 Å². The second kappa shape index (κ2) is 7.56. The van der Waals surface area contributed by atoms with E-state index in [2.05, 4.69) is 30.7 Å². The van der Waals surface area contributed by atoms with Crippen molar-refractivity contribution < 1.29 is 9.59 Å². The van der Waals surface area contributed by atoms with E-state index in [1.165, 1.54) is 0 Å². The summed E-state index contributed by atoms with van der Waals surface area (Å²) in [4.78, 5) is 31.7. The molecule has 0 bridgehead atoms. The first-order valence-corrected chi connectivity index (χ1v) is 9.03. The topological polar surface area (TPSA) is 103 Å². The molecule has 2 aromatic heterocycles. The van der Waals surface area contributed by atoms with Crippen molar-refractivity contribution in [1.82, 2.24) is 25.4 Å². The van der Waals surface area contributed by atoms with Gasteiger partial charge in [0.25, 0.3) is 0 Å². The van der Waals surface area contributed by atoms with Gasteiger partial charge in [-0.1, -0.05) is 0 Å². The number of rotatable bonds is 4. The molecule has 2 aromatic rings. The van der Waals surface area contributed by atoms with Crippen molar-refractivity contribution >= 4 is 29.1 Å². The molecule has 2 saturated heterocycles. The number of nitrogens with one attached hydrogen (secondary N) is 2. The predicted octanol–water partition coefficient (Wildman–Crippen LogP) is 0.542. The third-order valence-corrected chi connectivity index (χ3v) is 4.81. The molecule has 2 fully saturated rings. The van der Waals surface area contributed by atoms with Crippen molar-refractivity contribution in [3.8, 4) is 0 Å². The highest BCUT2D eigenvalue weighted by molar-refractivity contribution is 5.90. The maximum absolute atomic E-state index is 12.5. The van der Waals surface area contributed by atoms with Crippen LogP contribution in [0.5, 0.6) is 0 Å². The molecule has 0 spiro atoms. The molecule has 1 atom stereocenters. The third-order valence-electron chi connectivity index (χ3n) is 4.81. The Morgan fingerprint density at radius 2 is 1.85 bits per heavy atom. The summed E-state index contributed by atoms with van der Waals surface area (Å²) < 4.78 is 0. The van der Waals surface area contributed by atoms with Crippen LogP contribution in [0.25, 0.3) is 0 Å². The number of aromatic nitrogens is 3. The fourth-order valence-electron chi connectivity index (χ4n) is 3.32. The molecule has 27 heavy (non-hydrogen) atoms. The minimum absolute atomic E-state index is 0.0171. The predicted molar refractivity (Wildman–Crippen MR) is 99.5 cm³/mol. The number of hydrogen-bond acceptors (Lipinski definition) is 7. The summed E-state index contributed by atoms with van der Waals surface area (Å²) in [6.45, 7) is 2.62. The highest BCUT2D eigenvalue weighted by atomic mass is 16.2. The second-order valence-electron chi connectivity index (χ2n) is 6.61. The van der Waals surface area contributed by atoms with Gasteiger partial charge in [0.2, 0.25) is 11.8 Å². The van der Waals surface area contributed by atoms with Crippen molar-refractivity contribution in [2.75, 3.05) is 36.4 Å². The van der Waals surface area contributed by atoms with E-state index in [9.17, 15) is 9.59 Å². The zero-order valence-corrected chi connectivity index (χ0v) is 14.8. The average Bonchev–Trinajstić information content (AvgIpc) is 3.15. The zero-order valence-electron chi connectivity index (χ0n) is 14.8. The molecule has 0 radical (unpaired) electrons. The molecule has 4 rings (SSSR count). The minimum Gasteiger partial charge on any atom is -0.352 e. The smallest absolute Gasteiger partial charge is 0.245 e. The SMILES string of the molecule is O=C1CCC(C(=O)N2CCN(c3ccc(Nc4ccncc4)nn3)CC2)N1. The van der Waals surface area contributed by atoms with Crippen molar-refractivity contribution in [2.24, 2.45) is 0 Å². The fraction of sp³-hybridized carbons (Fsp3) is 0.389. The van der Waals surface area contributed by atoms with Crippen LogP contribution in [-0.2, 0) is 9.59 Å². The van der Waals surface area contributed by atoms with Gasteiger partial charge in [-0.3, -0.25) is 14.6 Å². The van der Waals surface area contributed by atoms with Crippen LogP contribution in [0.2, 0.25) is 0 Å². The quantitative estimate of drug-likeness (QED) is 0.813. The van der Waals surface area contributed by atoms with Crippen LogP contribution in [0.1, 0.15) is 12.8 Å². The van der Waals surface area contributed by atoms with E-state index < -0.39 is 0 Å². The molecule has 0 aromatic carbocycles. The number of nitrogens with zero attached hydrogens (tertiary/aromatic N) is 5. The molecule has 9 nitrogen and oxygen atoms in total. The van der Waals surface area contributed by atoms with Gasteiger partial charge in [-0.25, -0.2) is 0 Å². The van der Waals surface area contributed by atoms with Gasteiger partial charge < -0.3 is 20.4 Å². The number of pyridine rings is 1. The first-order valence-electron chi connectivity index (χ1n) is 9.03. The zero-order chi connectivity index (χ0) is 18.6. The van der Waals surface area contributed by atoms with Crippen molar-refractivity contribution in [3.05, 3.63) is 36.7 Å².